The van der Waals surface area contributed by atoms with Gasteiger partial charge in [0, 0.05) is 6.04 Å². The van der Waals surface area contributed by atoms with Crippen LogP contribution in [0.15, 0.2) is 0 Å². The highest BCUT2D eigenvalue weighted by Crippen LogP contribution is 2.38. The van der Waals surface area contributed by atoms with E-state index in [-0.39, 0.29) is 0 Å². The summed E-state index contributed by atoms with van der Waals surface area (Å²) in [7, 11) is 0. The van der Waals surface area contributed by atoms with Crippen LogP contribution in [0.1, 0.15) is 78.1 Å². The lowest BCUT2D eigenvalue weighted by Gasteiger charge is -2.34. The molecular weight excluding hydrogens is 218 g/mol. The van der Waals surface area contributed by atoms with E-state index in [2.05, 4.69) is 19.2 Å². The van der Waals surface area contributed by atoms with Gasteiger partial charge in [-0.25, -0.2) is 0 Å². The lowest BCUT2D eigenvalue weighted by molar-refractivity contribution is 0.205. The highest BCUT2D eigenvalue weighted by molar-refractivity contribution is 4.84. The minimum atomic E-state index is 0.832. The molecule has 2 aliphatic carbocycles. The molecule has 0 spiro atoms. The molecule has 2 fully saturated rings. The van der Waals surface area contributed by atoms with Gasteiger partial charge in [-0.05, 0) is 50.0 Å². The Morgan fingerprint density at radius 2 is 1.50 bits per heavy atom. The average Bonchev–Trinajstić information content (AvgIpc) is 3.20. The quantitative estimate of drug-likeness (QED) is 0.656. The van der Waals surface area contributed by atoms with Crippen LogP contribution >= 0.6 is 0 Å². The summed E-state index contributed by atoms with van der Waals surface area (Å²) in [5.41, 5.74) is 0. The largest absolute Gasteiger partial charge is 0.314 e. The molecule has 2 rings (SSSR count). The first-order valence-electron chi connectivity index (χ1n) is 8.56. The predicted octanol–water partition coefficient (Wildman–Crippen LogP) is 4.76. The third-order valence-corrected chi connectivity index (χ3v) is 5.21. The number of hydrogen-bond donors (Lipinski definition) is 1. The van der Waals surface area contributed by atoms with Crippen LogP contribution in [-0.2, 0) is 0 Å². The maximum absolute atomic E-state index is 3.78. The van der Waals surface area contributed by atoms with Crippen LogP contribution in [0.4, 0.5) is 0 Å². The third-order valence-electron chi connectivity index (χ3n) is 5.21. The van der Waals surface area contributed by atoms with Gasteiger partial charge in [-0.2, -0.15) is 0 Å². The number of hydrogen-bond acceptors (Lipinski definition) is 1. The molecule has 0 aromatic heterocycles. The van der Waals surface area contributed by atoms with Crippen molar-refractivity contribution in [2.24, 2.45) is 17.8 Å². The fourth-order valence-electron chi connectivity index (χ4n) is 3.88. The van der Waals surface area contributed by atoms with E-state index in [1.165, 1.54) is 64.2 Å². The van der Waals surface area contributed by atoms with Crippen LogP contribution in [0.2, 0.25) is 0 Å². The van der Waals surface area contributed by atoms with Gasteiger partial charge in [0.05, 0.1) is 0 Å². The molecule has 0 heterocycles. The molecule has 1 N–H and O–H groups in total. The monoisotopic (exact) mass is 251 g/mol. The van der Waals surface area contributed by atoms with E-state index in [0.717, 1.165) is 30.3 Å². The lowest BCUT2D eigenvalue weighted by Crippen LogP contribution is -2.38. The summed E-state index contributed by atoms with van der Waals surface area (Å²) in [5, 5.41) is 3.78. The molecule has 18 heavy (non-hydrogen) atoms. The molecule has 0 aromatic carbocycles. The number of nitrogens with one attached hydrogen (secondary N) is 1. The molecule has 2 aliphatic rings. The van der Waals surface area contributed by atoms with Gasteiger partial charge in [0.1, 0.15) is 0 Å². The Morgan fingerprint density at radius 1 is 0.889 bits per heavy atom. The Hall–Kier alpha value is -0.0400. The van der Waals surface area contributed by atoms with Crippen molar-refractivity contribution in [3.63, 3.8) is 0 Å². The van der Waals surface area contributed by atoms with Crippen molar-refractivity contribution in [2.45, 2.75) is 84.1 Å². The molecule has 0 amide bonds. The lowest BCUT2D eigenvalue weighted by atomic mass is 9.76. The zero-order chi connectivity index (χ0) is 12.8. The zero-order valence-corrected chi connectivity index (χ0v) is 12.6. The summed E-state index contributed by atoms with van der Waals surface area (Å²) in [4.78, 5) is 0. The van der Waals surface area contributed by atoms with Crippen LogP contribution in [-0.4, -0.2) is 12.6 Å². The molecule has 0 saturated heterocycles. The molecular formula is C17H33N. The second kappa shape index (κ2) is 7.53. The van der Waals surface area contributed by atoms with Crippen molar-refractivity contribution in [3.05, 3.63) is 0 Å². The van der Waals surface area contributed by atoms with Gasteiger partial charge in [-0.1, -0.05) is 52.4 Å². The Kier molecular flexibility index (Phi) is 6.01. The molecule has 1 atom stereocenters. The van der Waals surface area contributed by atoms with Crippen LogP contribution in [0.3, 0.4) is 0 Å². The van der Waals surface area contributed by atoms with Crippen molar-refractivity contribution in [3.8, 4) is 0 Å². The van der Waals surface area contributed by atoms with E-state index in [1.54, 1.807) is 0 Å². The second-order valence-corrected chi connectivity index (χ2v) is 6.75. The smallest absolute Gasteiger partial charge is 0.00953 e. The van der Waals surface area contributed by atoms with Crippen molar-refractivity contribution in [1.29, 1.82) is 0 Å². The highest BCUT2D eigenvalue weighted by atomic mass is 14.9. The van der Waals surface area contributed by atoms with Gasteiger partial charge < -0.3 is 5.32 Å². The van der Waals surface area contributed by atoms with E-state index in [4.69, 9.17) is 0 Å². The van der Waals surface area contributed by atoms with Gasteiger partial charge in [-0.15, -0.1) is 0 Å². The van der Waals surface area contributed by atoms with Crippen LogP contribution in [0.5, 0.6) is 0 Å². The molecule has 1 heteroatoms. The van der Waals surface area contributed by atoms with Gasteiger partial charge in [0.2, 0.25) is 0 Å². The topological polar surface area (TPSA) is 12.0 Å². The van der Waals surface area contributed by atoms with Gasteiger partial charge >= 0.3 is 0 Å². The molecule has 1 nitrogen and oxygen atoms in total. The Balaban J connectivity index is 1.72. The van der Waals surface area contributed by atoms with Crippen molar-refractivity contribution in [1.82, 2.24) is 5.32 Å². The van der Waals surface area contributed by atoms with E-state index < -0.39 is 0 Å². The van der Waals surface area contributed by atoms with Crippen molar-refractivity contribution < 1.29 is 0 Å². The molecule has 0 radical (unpaired) electrons. The maximum Gasteiger partial charge on any atom is 0.00953 e. The summed E-state index contributed by atoms with van der Waals surface area (Å²) < 4.78 is 0. The fraction of sp³-hybridized carbons (Fsp3) is 1.00. The fourth-order valence-corrected chi connectivity index (χ4v) is 3.88. The third kappa shape index (κ3) is 4.57. The SMILES string of the molecule is CCCC1CCC(C(CCC2CC2)NCC)CC1. The van der Waals surface area contributed by atoms with E-state index in [9.17, 15) is 0 Å². The first-order chi connectivity index (χ1) is 8.83. The second-order valence-electron chi connectivity index (χ2n) is 6.75. The zero-order valence-electron chi connectivity index (χ0n) is 12.6. The Bertz CT molecular complexity index is 214. The van der Waals surface area contributed by atoms with Gasteiger partial charge in [0.15, 0.2) is 0 Å². The molecule has 0 bridgehead atoms. The standard InChI is InChI=1S/C17H33N/c1-3-5-14-8-11-16(12-9-14)17(18-4-2)13-10-15-6-7-15/h14-18H,3-13H2,1-2H3. The molecule has 0 aromatic rings. The number of rotatable bonds is 8. The Morgan fingerprint density at radius 3 is 2.06 bits per heavy atom. The molecule has 106 valence electrons. The molecule has 1 unspecified atom stereocenters. The molecule has 0 aliphatic heterocycles. The predicted molar refractivity (Wildman–Crippen MR) is 79.8 cm³/mol. The van der Waals surface area contributed by atoms with Crippen molar-refractivity contribution in [2.75, 3.05) is 6.54 Å². The Labute approximate surface area is 114 Å². The summed E-state index contributed by atoms with van der Waals surface area (Å²) in [5.74, 6) is 3.14. The van der Waals surface area contributed by atoms with Crippen LogP contribution in [0.25, 0.3) is 0 Å². The summed E-state index contributed by atoms with van der Waals surface area (Å²) in [6.07, 6.45) is 14.8. The van der Waals surface area contributed by atoms with Gasteiger partial charge in [-0.3, -0.25) is 0 Å². The minimum absolute atomic E-state index is 0.832. The summed E-state index contributed by atoms with van der Waals surface area (Å²) >= 11 is 0. The van der Waals surface area contributed by atoms with Crippen molar-refractivity contribution >= 4 is 0 Å². The molecule has 2 saturated carbocycles. The minimum Gasteiger partial charge on any atom is -0.314 e. The normalized spacial score (nSPS) is 30.3. The van der Waals surface area contributed by atoms with Crippen LogP contribution in [0, 0.1) is 17.8 Å². The summed E-state index contributed by atoms with van der Waals surface area (Å²) in [6, 6.07) is 0.832. The summed E-state index contributed by atoms with van der Waals surface area (Å²) in [6.45, 7) is 5.76. The first kappa shape index (κ1) is 14.4. The van der Waals surface area contributed by atoms with E-state index >= 15 is 0 Å². The van der Waals surface area contributed by atoms with E-state index in [0.29, 0.717) is 0 Å². The van der Waals surface area contributed by atoms with Crippen LogP contribution < -0.4 is 5.32 Å². The first-order valence-corrected chi connectivity index (χ1v) is 8.56. The maximum atomic E-state index is 3.78. The average molecular weight is 251 g/mol. The highest BCUT2D eigenvalue weighted by Gasteiger charge is 2.29. The van der Waals surface area contributed by atoms with E-state index in [1.807, 2.05) is 0 Å². The van der Waals surface area contributed by atoms with Gasteiger partial charge in [0.25, 0.3) is 0 Å².